The number of esters is 1. The van der Waals surface area contributed by atoms with E-state index in [4.69, 9.17) is 0 Å². The lowest BCUT2D eigenvalue weighted by atomic mass is 9.97. The van der Waals surface area contributed by atoms with Crippen LogP contribution in [0.5, 0.6) is 0 Å². The maximum Gasteiger partial charge on any atom is 0.377 e. The fourth-order valence-corrected chi connectivity index (χ4v) is 3.62. The minimum atomic E-state index is -0.509. The van der Waals surface area contributed by atoms with Crippen LogP contribution in [0.3, 0.4) is 0 Å². The number of aromatic nitrogens is 3. The van der Waals surface area contributed by atoms with Gasteiger partial charge in [-0.15, -0.1) is 5.10 Å². The Labute approximate surface area is 146 Å². The molecule has 0 bridgehead atoms. The van der Waals surface area contributed by atoms with Crippen molar-refractivity contribution in [2.75, 3.05) is 13.7 Å². The fourth-order valence-electron chi connectivity index (χ4n) is 3.62. The number of likely N-dealkylation sites (tertiary alicyclic amines) is 1. The molecule has 1 atom stereocenters. The first-order chi connectivity index (χ1) is 12.3. The Morgan fingerprint density at radius 2 is 2.08 bits per heavy atom. The van der Waals surface area contributed by atoms with Crippen molar-refractivity contribution in [1.82, 2.24) is 19.7 Å². The number of carbonyl (C=O) groups excluding carboxylic acids is 1. The molecule has 0 amide bonds. The molecule has 6 heteroatoms. The summed E-state index contributed by atoms with van der Waals surface area (Å²) in [6, 6.07) is 15.3. The third-order valence-electron chi connectivity index (χ3n) is 4.78. The van der Waals surface area contributed by atoms with E-state index in [1.54, 1.807) is 11.0 Å². The molecule has 1 saturated heterocycles. The monoisotopic (exact) mass is 336 g/mol. The number of fused-ring (bicyclic) bond motifs is 1. The molecule has 6 nitrogen and oxygen atoms in total. The van der Waals surface area contributed by atoms with E-state index in [0.29, 0.717) is 12.7 Å². The number of rotatable bonds is 4. The van der Waals surface area contributed by atoms with Gasteiger partial charge in [0.15, 0.2) is 0 Å². The van der Waals surface area contributed by atoms with Gasteiger partial charge in [0.05, 0.1) is 13.8 Å². The second kappa shape index (κ2) is 6.64. The van der Waals surface area contributed by atoms with Crippen molar-refractivity contribution in [1.29, 1.82) is 0 Å². The largest absolute Gasteiger partial charge is 0.463 e. The number of hydrogen-bond acceptors (Lipinski definition) is 5. The topological polar surface area (TPSA) is 60.2 Å². The van der Waals surface area contributed by atoms with Gasteiger partial charge in [-0.2, -0.15) is 0 Å². The first-order valence-corrected chi connectivity index (χ1v) is 8.46. The highest BCUT2D eigenvalue weighted by atomic mass is 16.5. The molecule has 1 fully saturated rings. The molecular formula is C19H20N4O2. The number of nitrogens with zero attached hydrogens (tertiary/aromatic N) is 4. The molecule has 0 saturated carbocycles. The maximum absolute atomic E-state index is 11.5. The van der Waals surface area contributed by atoms with Gasteiger partial charge in [0.2, 0.25) is 0 Å². The molecule has 2 heterocycles. The minimum absolute atomic E-state index is 0.100. The number of ether oxygens (including phenoxy) is 1. The normalized spacial score (nSPS) is 17.9. The zero-order valence-corrected chi connectivity index (χ0v) is 14.1. The standard InChI is InChI=1S/C19H20N4O2/c1-25-19(24)18-20-12-23(21-18)13-22-11-5-10-17(22)16-9-4-7-14-6-2-3-8-15(14)16/h2-4,6-9,12,17H,5,10-11,13H2,1H3. The Bertz CT molecular complexity index is 900. The molecule has 1 aromatic heterocycles. The lowest BCUT2D eigenvalue weighted by Crippen LogP contribution is -2.26. The van der Waals surface area contributed by atoms with E-state index >= 15 is 0 Å². The Balaban J connectivity index is 1.60. The van der Waals surface area contributed by atoms with E-state index < -0.39 is 5.97 Å². The Morgan fingerprint density at radius 1 is 1.24 bits per heavy atom. The molecule has 1 unspecified atom stereocenters. The van der Waals surface area contributed by atoms with Crippen LogP contribution in [0.4, 0.5) is 0 Å². The first-order valence-electron chi connectivity index (χ1n) is 8.46. The zero-order chi connectivity index (χ0) is 17.2. The van der Waals surface area contributed by atoms with Crippen LogP contribution >= 0.6 is 0 Å². The molecule has 128 valence electrons. The van der Waals surface area contributed by atoms with Crippen molar-refractivity contribution in [3.8, 4) is 0 Å². The molecule has 25 heavy (non-hydrogen) atoms. The van der Waals surface area contributed by atoms with Gasteiger partial charge in [-0.1, -0.05) is 42.5 Å². The van der Waals surface area contributed by atoms with E-state index in [1.165, 1.54) is 23.4 Å². The summed E-state index contributed by atoms with van der Waals surface area (Å²) in [5.41, 5.74) is 1.35. The molecule has 2 aromatic carbocycles. The summed E-state index contributed by atoms with van der Waals surface area (Å²) < 4.78 is 6.37. The lowest BCUT2D eigenvalue weighted by molar-refractivity contribution is 0.0585. The van der Waals surface area contributed by atoms with Crippen molar-refractivity contribution >= 4 is 16.7 Å². The van der Waals surface area contributed by atoms with Gasteiger partial charge in [0, 0.05) is 12.6 Å². The smallest absolute Gasteiger partial charge is 0.377 e. The van der Waals surface area contributed by atoms with Crippen molar-refractivity contribution in [3.63, 3.8) is 0 Å². The maximum atomic E-state index is 11.5. The zero-order valence-electron chi connectivity index (χ0n) is 14.1. The fraction of sp³-hybridized carbons (Fsp3) is 0.316. The summed E-state index contributed by atoms with van der Waals surface area (Å²) in [6.07, 6.45) is 3.85. The first kappa shape index (κ1) is 15.8. The number of carbonyl (C=O) groups is 1. The van der Waals surface area contributed by atoms with E-state index in [-0.39, 0.29) is 5.82 Å². The van der Waals surface area contributed by atoms with Gasteiger partial charge in [-0.3, -0.25) is 4.90 Å². The molecule has 1 aliphatic rings. The van der Waals surface area contributed by atoms with Crippen LogP contribution in [-0.2, 0) is 11.4 Å². The molecule has 4 rings (SSSR count). The summed E-state index contributed by atoms with van der Waals surface area (Å²) in [7, 11) is 1.33. The van der Waals surface area contributed by atoms with Crippen LogP contribution in [0, 0.1) is 0 Å². The van der Waals surface area contributed by atoms with E-state index in [9.17, 15) is 4.79 Å². The predicted octanol–water partition coefficient (Wildman–Crippen LogP) is 3.01. The summed E-state index contributed by atoms with van der Waals surface area (Å²) in [5.74, 6) is -0.408. The second-order valence-corrected chi connectivity index (χ2v) is 6.28. The van der Waals surface area contributed by atoms with E-state index in [1.807, 2.05) is 0 Å². The highest BCUT2D eigenvalue weighted by molar-refractivity contribution is 5.86. The second-order valence-electron chi connectivity index (χ2n) is 6.28. The number of methoxy groups -OCH3 is 1. The Morgan fingerprint density at radius 3 is 2.96 bits per heavy atom. The quantitative estimate of drug-likeness (QED) is 0.686. The van der Waals surface area contributed by atoms with Crippen LogP contribution in [-0.4, -0.2) is 39.3 Å². The highest BCUT2D eigenvalue weighted by Crippen LogP contribution is 2.36. The van der Waals surface area contributed by atoms with E-state index in [0.717, 1.165) is 19.4 Å². The summed E-state index contributed by atoms with van der Waals surface area (Å²) in [6.45, 7) is 1.61. The summed E-state index contributed by atoms with van der Waals surface area (Å²) in [5, 5.41) is 6.79. The van der Waals surface area contributed by atoms with Crippen molar-refractivity contribution < 1.29 is 9.53 Å². The Kier molecular flexibility index (Phi) is 4.19. The molecule has 0 N–H and O–H groups in total. The van der Waals surface area contributed by atoms with Crippen LogP contribution in [0.2, 0.25) is 0 Å². The van der Waals surface area contributed by atoms with Crippen LogP contribution in [0.1, 0.15) is 35.1 Å². The van der Waals surface area contributed by atoms with Gasteiger partial charge in [-0.25, -0.2) is 14.5 Å². The Hall–Kier alpha value is -2.73. The van der Waals surface area contributed by atoms with E-state index in [2.05, 4.69) is 62.2 Å². The van der Waals surface area contributed by atoms with Crippen molar-refractivity contribution in [2.24, 2.45) is 0 Å². The van der Waals surface area contributed by atoms with Gasteiger partial charge in [0.25, 0.3) is 5.82 Å². The van der Waals surface area contributed by atoms with Crippen LogP contribution < -0.4 is 0 Å². The third kappa shape index (κ3) is 3.00. The average Bonchev–Trinajstić information content (AvgIpc) is 3.30. The lowest BCUT2D eigenvalue weighted by Gasteiger charge is -2.25. The van der Waals surface area contributed by atoms with Crippen molar-refractivity contribution in [3.05, 3.63) is 60.2 Å². The van der Waals surface area contributed by atoms with Crippen molar-refractivity contribution in [2.45, 2.75) is 25.6 Å². The molecule has 0 radical (unpaired) electrons. The molecule has 0 spiro atoms. The third-order valence-corrected chi connectivity index (χ3v) is 4.78. The predicted molar refractivity (Wildman–Crippen MR) is 94.0 cm³/mol. The highest BCUT2D eigenvalue weighted by Gasteiger charge is 2.27. The molecule has 3 aromatic rings. The summed E-state index contributed by atoms with van der Waals surface area (Å²) >= 11 is 0. The summed E-state index contributed by atoms with van der Waals surface area (Å²) in [4.78, 5) is 17.9. The van der Waals surface area contributed by atoms with Crippen LogP contribution in [0.15, 0.2) is 48.8 Å². The minimum Gasteiger partial charge on any atom is -0.463 e. The van der Waals surface area contributed by atoms with Gasteiger partial charge < -0.3 is 4.74 Å². The van der Waals surface area contributed by atoms with Gasteiger partial charge >= 0.3 is 5.97 Å². The molecule has 1 aliphatic heterocycles. The van der Waals surface area contributed by atoms with Gasteiger partial charge in [0.1, 0.15) is 6.33 Å². The van der Waals surface area contributed by atoms with Gasteiger partial charge in [-0.05, 0) is 29.2 Å². The molecule has 0 aliphatic carbocycles. The molecular weight excluding hydrogens is 316 g/mol. The SMILES string of the molecule is COC(=O)c1ncn(CN2CCCC2c2cccc3ccccc23)n1. The number of benzene rings is 2. The number of hydrogen-bond donors (Lipinski definition) is 0. The van der Waals surface area contributed by atoms with Crippen LogP contribution in [0.25, 0.3) is 10.8 Å². The average molecular weight is 336 g/mol.